The summed E-state index contributed by atoms with van der Waals surface area (Å²) in [7, 11) is 1.66. The minimum atomic E-state index is -0.804. The van der Waals surface area contributed by atoms with Crippen molar-refractivity contribution in [3.63, 3.8) is 0 Å². The summed E-state index contributed by atoms with van der Waals surface area (Å²) in [4.78, 5) is 11.0. The van der Waals surface area contributed by atoms with E-state index in [0.29, 0.717) is 13.2 Å². The molecule has 0 radical (unpaired) electrons. The van der Waals surface area contributed by atoms with Gasteiger partial charge >= 0.3 is 5.97 Å². The highest BCUT2D eigenvalue weighted by molar-refractivity contribution is 5.71. The van der Waals surface area contributed by atoms with Crippen molar-refractivity contribution in [2.75, 3.05) is 13.7 Å². The second-order valence-electron chi connectivity index (χ2n) is 8.12. The number of rotatable bonds is 12. The van der Waals surface area contributed by atoms with E-state index in [0.717, 1.165) is 52.3 Å². The fraction of sp³-hybridized carbons (Fsp3) is 0.321. The summed E-state index contributed by atoms with van der Waals surface area (Å²) in [6, 6.07) is 21.7. The van der Waals surface area contributed by atoms with E-state index in [1.165, 1.54) is 0 Å². The minimum absolute atomic E-state index is 0.0756. The van der Waals surface area contributed by atoms with Crippen molar-refractivity contribution in [3.05, 3.63) is 77.9 Å². The summed E-state index contributed by atoms with van der Waals surface area (Å²) < 4.78 is 17.4. The number of benzene rings is 3. The van der Waals surface area contributed by atoms with Crippen LogP contribution in [0.4, 0.5) is 0 Å². The second kappa shape index (κ2) is 12.0. The van der Waals surface area contributed by atoms with Gasteiger partial charge < -0.3 is 19.3 Å². The first-order valence-corrected chi connectivity index (χ1v) is 11.3. The van der Waals surface area contributed by atoms with E-state index in [9.17, 15) is 4.79 Å². The van der Waals surface area contributed by atoms with Crippen LogP contribution in [0.25, 0.3) is 11.1 Å². The van der Waals surface area contributed by atoms with E-state index < -0.39 is 5.97 Å². The summed E-state index contributed by atoms with van der Waals surface area (Å²) in [5, 5.41) is 9.05. The quantitative estimate of drug-likeness (QED) is 0.312. The van der Waals surface area contributed by atoms with Gasteiger partial charge in [0.25, 0.3) is 0 Å². The largest absolute Gasteiger partial charge is 0.497 e. The van der Waals surface area contributed by atoms with Crippen molar-refractivity contribution < 1.29 is 24.1 Å². The number of hydrogen-bond acceptors (Lipinski definition) is 4. The molecule has 5 nitrogen and oxygen atoms in total. The number of unbranched alkanes of at least 4 members (excludes halogenated alkanes) is 1. The summed E-state index contributed by atoms with van der Waals surface area (Å²) in [5.74, 6) is 1.49. The van der Waals surface area contributed by atoms with E-state index in [4.69, 9.17) is 19.3 Å². The van der Waals surface area contributed by atoms with E-state index in [1.807, 2.05) is 67.6 Å². The highest BCUT2D eigenvalue weighted by Crippen LogP contribution is 2.33. The zero-order valence-electron chi connectivity index (χ0n) is 19.5. The third kappa shape index (κ3) is 7.01. The SMILES string of the molecule is CCCCOc1cc(COc2cccc(C(C)CC(=O)O)c2)ccc1-c1ccc(OC)cc1. The van der Waals surface area contributed by atoms with Crippen LogP contribution in [0.3, 0.4) is 0 Å². The second-order valence-corrected chi connectivity index (χ2v) is 8.12. The first-order chi connectivity index (χ1) is 16.0. The molecule has 174 valence electrons. The maximum Gasteiger partial charge on any atom is 0.303 e. The fourth-order valence-electron chi connectivity index (χ4n) is 3.57. The Morgan fingerprint density at radius 3 is 2.45 bits per heavy atom. The van der Waals surface area contributed by atoms with Crippen molar-refractivity contribution >= 4 is 5.97 Å². The van der Waals surface area contributed by atoms with E-state index in [2.05, 4.69) is 13.0 Å². The summed E-state index contributed by atoms with van der Waals surface area (Å²) in [5.41, 5.74) is 4.05. The Balaban J connectivity index is 1.76. The van der Waals surface area contributed by atoms with Crippen LogP contribution in [-0.4, -0.2) is 24.8 Å². The maximum atomic E-state index is 11.0. The molecule has 1 atom stereocenters. The van der Waals surface area contributed by atoms with Gasteiger partial charge in [-0.2, -0.15) is 0 Å². The maximum absolute atomic E-state index is 11.0. The monoisotopic (exact) mass is 448 g/mol. The van der Waals surface area contributed by atoms with Crippen molar-refractivity contribution in [1.29, 1.82) is 0 Å². The number of hydrogen-bond donors (Lipinski definition) is 1. The van der Waals surface area contributed by atoms with Gasteiger partial charge in [0.2, 0.25) is 0 Å². The van der Waals surface area contributed by atoms with Gasteiger partial charge in [0.15, 0.2) is 0 Å². The highest BCUT2D eigenvalue weighted by atomic mass is 16.5. The minimum Gasteiger partial charge on any atom is -0.497 e. The Hall–Kier alpha value is -3.47. The standard InChI is InChI=1S/C28H32O5/c1-4-5-15-32-27-17-21(9-14-26(27)22-10-12-24(31-3)13-11-22)19-33-25-8-6-7-23(18-25)20(2)16-28(29)30/h6-14,17-18,20H,4-5,15-16,19H2,1-3H3,(H,29,30). The van der Waals surface area contributed by atoms with Crippen LogP contribution >= 0.6 is 0 Å². The van der Waals surface area contributed by atoms with Gasteiger partial charge in [0.1, 0.15) is 23.9 Å². The van der Waals surface area contributed by atoms with Gasteiger partial charge in [-0.3, -0.25) is 4.79 Å². The fourth-order valence-corrected chi connectivity index (χ4v) is 3.57. The van der Waals surface area contributed by atoms with Crippen LogP contribution in [0.2, 0.25) is 0 Å². The summed E-state index contributed by atoms with van der Waals surface area (Å²) in [6.07, 6.45) is 2.15. The van der Waals surface area contributed by atoms with Crippen LogP contribution in [0.1, 0.15) is 50.2 Å². The molecule has 0 amide bonds. The molecule has 3 aromatic carbocycles. The normalized spacial score (nSPS) is 11.6. The van der Waals surface area contributed by atoms with Gasteiger partial charge in [-0.25, -0.2) is 0 Å². The Morgan fingerprint density at radius 1 is 0.970 bits per heavy atom. The van der Waals surface area contributed by atoms with Crippen LogP contribution in [0.15, 0.2) is 66.7 Å². The predicted octanol–water partition coefficient (Wildman–Crippen LogP) is 6.70. The lowest BCUT2D eigenvalue weighted by atomic mass is 9.98. The molecule has 5 heteroatoms. The molecule has 3 rings (SSSR count). The molecular weight excluding hydrogens is 416 g/mol. The van der Waals surface area contributed by atoms with Gasteiger partial charge in [0.05, 0.1) is 20.1 Å². The van der Waals surface area contributed by atoms with Gasteiger partial charge in [-0.05, 0) is 59.4 Å². The topological polar surface area (TPSA) is 65.0 Å². The highest BCUT2D eigenvalue weighted by Gasteiger charge is 2.12. The average Bonchev–Trinajstić information content (AvgIpc) is 2.83. The average molecular weight is 449 g/mol. The zero-order chi connectivity index (χ0) is 23.6. The first-order valence-electron chi connectivity index (χ1n) is 11.3. The number of carbonyl (C=O) groups is 1. The van der Waals surface area contributed by atoms with Gasteiger partial charge in [-0.1, -0.05) is 56.7 Å². The summed E-state index contributed by atoms with van der Waals surface area (Å²) in [6.45, 7) is 5.10. The Bertz CT molecular complexity index is 1040. The number of methoxy groups -OCH3 is 1. The number of carboxylic acid groups (broad SMARTS) is 1. The van der Waals surface area contributed by atoms with Gasteiger partial charge in [0, 0.05) is 5.56 Å². The van der Waals surface area contributed by atoms with Crippen LogP contribution in [0, 0.1) is 0 Å². The molecule has 33 heavy (non-hydrogen) atoms. The third-order valence-electron chi connectivity index (χ3n) is 5.52. The molecule has 0 bridgehead atoms. The Labute approximate surface area is 195 Å². The molecule has 1 unspecified atom stereocenters. The predicted molar refractivity (Wildman–Crippen MR) is 130 cm³/mol. The molecule has 3 aromatic rings. The molecule has 0 spiro atoms. The Morgan fingerprint density at radius 2 is 1.76 bits per heavy atom. The van der Waals surface area contributed by atoms with Crippen molar-refractivity contribution in [2.24, 2.45) is 0 Å². The molecule has 0 aliphatic heterocycles. The Kier molecular flexibility index (Phi) is 8.76. The first kappa shape index (κ1) is 24.2. The molecule has 0 aromatic heterocycles. The van der Waals surface area contributed by atoms with Crippen molar-refractivity contribution in [1.82, 2.24) is 0 Å². The number of carboxylic acids is 1. The van der Waals surface area contributed by atoms with Gasteiger partial charge in [-0.15, -0.1) is 0 Å². The van der Waals surface area contributed by atoms with Crippen molar-refractivity contribution in [3.8, 4) is 28.4 Å². The molecule has 1 N–H and O–H groups in total. The smallest absolute Gasteiger partial charge is 0.303 e. The summed E-state index contributed by atoms with van der Waals surface area (Å²) >= 11 is 0. The lowest BCUT2D eigenvalue weighted by Gasteiger charge is -2.15. The molecule has 0 aliphatic rings. The third-order valence-corrected chi connectivity index (χ3v) is 5.52. The number of ether oxygens (including phenoxy) is 3. The van der Waals surface area contributed by atoms with Crippen LogP contribution in [0.5, 0.6) is 17.2 Å². The molecule has 0 saturated carbocycles. The van der Waals surface area contributed by atoms with Crippen molar-refractivity contribution in [2.45, 2.75) is 45.6 Å². The zero-order valence-corrected chi connectivity index (χ0v) is 19.5. The molecular formula is C28H32O5. The molecule has 0 fully saturated rings. The number of aliphatic carboxylic acids is 1. The lowest BCUT2D eigenvalue weighted by Crippen LogP contribution is -2.03. The van der Waals surface area contributed by atoms with Crippen LogP contribution < -0.4 is 14.2 Å². The molecule has 0 aliphatic carbocycles. The molecule has 0 heterocycles. The van der Waals surface area contributed by atoms with E-state index in [1.54, 1.807) is 7.11 Å². The lowest BCUT2D eigenvalue weighted by molar-refractivity contribution is -0.137. The van der Waals surface area contributed by atoms with Crippen LogP contribution in [-0.2, 0) is 11.4 Å². The van der Waals surface area contributed by atoms with E-state index >= 15 is 0 Å². The van der Waals surface area contributed by atoms with E-state index in [-0.39, 0.29) is 12.3 Å². The molecule has 0 saturated heterocycles.